The first-order valence-corrected chi connectivity index (χ1v) is 6.55. The normalized spacial score (nSPS) is 26.1. The Morgan fingerprint density at radius 2 is 2.11 bits per heavy atom. The molecule has 1 aromatic carbocycles. The number of anilines is 1. The number of carbonyl (C=O) groups excluding carboxylic acids is 1. The molecule has 4 N–H and O–H groups in total. The van der Waals surface area contributed by atoms with Gasteiger partial charge >= 0.3 is 0 Å². The molecule has 4 nitrogen and oxygen atoms in total. The Morgan fingerprint density at radius 1 is 1.33 bits per heavy atom. The number of benzene rings is 1. The molecule has 4 heteroatoms. The van der Waals surface area contributed by atoms with Crippen LogP contribution in [0.4, 0.5) is 5.69 Å². The summed E-state index contributed by atoms with van der Waals surface area (Å²) in [7, 11) is 0. The average molecular weight is 245 g/mol. The summed E-state index contributed by atoms with van der Waals surface area (Å²) in [6.45, 7) is 1.35. The molecule has 1 aromatic rings. The minimum atomic E-state index is 0.208. The molecule has 0 aromatic heterocycles. The lowest BCUT2D eigenvalue weighted by molar-refractivity contribution is -0.117. The van der Waals surface area contributed by atoms with Gasteiger partial charge in [0, 0.05) is 24.8 Å². The van der Waals surface area contributed by atoms with Crippen LogP contribution in [0.1, 0.15) is 24.0 Å². The second-order valence-corrected chi connectivity index (χ2v) is 5.45. The fraction of sp³-hybridized carbons (Fsp3) is 0.500. The van der Waals surface area contributed by atoms with Crippen LogP contribution < -0.4 is 16.4 Å². The summed E-state index contributed by atoms with van der Waals surface area (Å²) in [5, 5.41) is 0. The van der Waals surface area contributed by atoms with Crippen LogP contribution >= 0.6 is 0 Å². The van der Waals surface area contributed by atoms with Crippen molar-refractivity contribution in [3.05, 3.63) is 29.3 Å². The molecule has 1 amide bonds. The molecule has 1 fully saturated rings. The zero-order valence-corrected chi connectivity index (χ0v) is 10.4. The van der Waals surface area contributed by atoms with Gasteiger partial charge in [0.15, 0.2) is 0 Å². The van der Waals surface area contributed by atoms with Crippen LogP contribution in [0.25, 0.3) is 0 Å². The molecule has 1 aliphatic carbocycles. The minimum absolute atomic E-state index is 0.208. The fourth-order valence-electron chi connectivity index (χ4n) is 2.96. The zero-order chi connectivity index (χ0) is 12.7. The third kappa shape index (κ3) is 1.91. The monoisotopic (exact) mass is 245 g/mol. The first kappa shape index (κ1) is 11.7. The highest BCUT2D eigenvalue weighted by atomic mass is 16.2. The summed E-state index contributed by atoms with van der Waals surface area (Å²) >= 11 is 0. The van der Waals surface area contributed by atoms with E-state index in [9.17, 15) is 4.79 Å². The van der Waals surface area contributed by atoms with Crippen molar-refractivity contribution >= 4 is 11.6 Å². The van der Waals surface area contributed by atoms with Crippen LogP contribution in [0.15, 0.2) is 18.2 Å². The summed E-state index contributed by atoms with van der Waals surface area (Å²) in [4.78, 5) is 14.0. The largest absolute Gasteiger partial charge is 0.328 e. The predicted octanol–water partition coefficient (Wildman–Crippen LogP) is 0.772. The molecule has 96 valence electrons. The Morgan fingerprint density at radius 3 is 2.78 bits per heavy atom. The molecule has 0 bridgehead atoms. The van der Waals surface area contributed by atoms with Crippen LogP contribution in [0.5, 0.6) is 0 Å². The van der Waals surface area contributed by atoms with Crippen molar-refractivity contribution in [2.45, 2.75) is 31.8 Å². The standard InChI is InChI=1S/C14H19N3O/c15-7-9-1-2-13-11(3-9)6-14(18)17(13)8-10-4-12(16)5-10/h1-3,10,12H,4-8,15-16H2. The molecule has 0 saturated heterocycles. The fourth-order valence-corrected chi connectivity index (χ4v) is 2.96. The lowest BCUT2D eigenvalue weighted by Crippen LogP contribution is -2.43. The van der Waals surface area contributed by atoms with Gasteiger partial charge in [-0.15, -0.1) is 0 Å². The third-order valence-electron chi connectivity index (χ3n) is 4.03. The minimum Gasteiger partial charge on any atom is -0.328 e. The second-order valence-electron chi connectivity index (χ2n) is 5.45. The Labute approximate surface area is 107 Å². The van der Waals surface area contributed by atoms with Crippen molar-refractivity contribution in [1.82, 2.24) is 0 Å². The highest BCUT2D eigenvalue weighted by Gasteiger charge is 2.33. The van der Waals surface area contributed by atoms with Gasteiger partial charge in [-0.05, 0) is 36.0 Å². The van der Waals surface area contributed by atoms with E-state index in [1.54, 1.807) is 0 Å². The van der Waals surface area contributed by atoms with E-state index in [2.05, 4.69) is 6.07 Å². The van der Waals surface area contributed by atoms with E-state index in [1.807, 2.05) is 17.0 Å². The molecule has 0 spiro atoms. The van der Waals surface area contributed by atoms with Crippen molar-refractivity contribution in [2.75, 3.05) is 11.4 Å². The molecular weight excluding hydrogens is 226 g/mol. The van der Waals surface area contributed by atoms with Crippen molar-refractivity contribution in [2.24, 2.45) is 17.4 Å². The van der Waals surface area contributed by atoms with Gasteiger partial charge in [0.25, 0.3) is 0 Å². The van der Waals surface area contributed by atoms with Crippen LogP contribution in [0.3, 0.4) is 0 Å². The summed E-state index contributed by atoms with van der Waals surface area (Å²) in [6.07, 6.45) is 2.60. The molecule has 0 unspecified atom stereocenters. The quantitative estimate of drug-likeness (QED) is 0.826. The smallest absolute Gasteiger partial charge is 0.231 e. The van der Waals surface area contributed by atoms with Crippen LogP contribution in [-0.2, 0) is 17.8 Å². The lowest BCUT2D eigenvalue weighted by atomic mass is 9.80. The molecule has 1 heterocycles. The number of hydrogen-bond acceptors (Lipinski definition) is 3. The topological polar surface area (TPSA) is 72.4 Å². The maximum atomic E-state index is 12.1. The number of fused-ring (bicyclic) bond motifs is 1. The molecule has 1 saturated carbocycles. The van der Waals surface area contributed by atoms with E-state index in [0.29, 0.717) is 24.9 Å². The van der Waals surface area contributed by atoms with Gasteiger partial charge in [-0.3, -0.25) is 4.79 Å². The summed E-state index contributed by atoms with van der Waals surface area (Å²) < 4.78 is 0. The van der Waals surface area contributed by atoms with Gasteiger partial charge in [-0.25, -0.2) is 0 Å². The van der Waals surface area contributed by atoms with Gasteiger partial charge < -0.3 is 16.4 Å². The lowest BCUT2D eigenvalue weighted by Gasteiger charge is -2.35. The van der Waals surface area contributed by atoms with Gasteiger partial charge in [0.2, 0.25) is 5.91 Å². The van der Waals surface area contributed by atoms with Gasteiger partial charge in [0.1, 0.15) is 0 Å². The third-order valence-corrected chi connectivity index (χ3v) is 4.03. The highest BCUT2D eigenvalue weighted by Crippen LogP contribution is 2.34. The highest BCUT2D eigenvalue weighted by molar-refractivity contribution is 6.01. The Bertz CT molecular complexity index is 480. The van der Waals surface area contributed by atoms with Crippen LogP contribution in [0, 0.1) is 5.92 Å². The molecule has 1 aliphatic heterocycles. The number of rotatable bonds is 3. The van der Waals surface area contributed by atoms with E-state index < -0.39 is 0 Å². The van der Waals surface area contributed by atoms with E-state index in [4.69, 9.17) is 11.5 Å². The average Bonchev–Trinajstić information content (AvgIpc) is 2.63. The molecule has 0 atom stereocenters. The number of amides is 1. The Hall–Kier alpha value is -1.39. The SMILES string of the molecule is NCc1ccc2c(c1)CC(=O)N2CC1CC(N)C1. The van der Waals surface area contributed by atoms with Crippen molar-refractivity contribution in [1.29, 1.82) is 0 Å². The van der Waals surface area contributed by atoms with E-state index >= 15 is 0 Å². The molecular formula is C14H19N3O. The van der Waals surface area contributed by atoms with E-state index in [-0.39, 0.29) is 5.91 Å². The van der Waals surface area contributed by atoms with Gasteiger partial charge in [-0.1, -0.05) is 12.1 Å². The predicted molar refractivity (Wildman–Crippen MR) is 71.1 cm³/mol. The number of nitrogens with zero attached hydrogens (tertiary/aromatic N) is 1. The summed E-state index contributed by atoms with van der Waals surface area (Å²) in [6, 6.07) is 6.43. The maximum Gasteiger partial charge on any atom is 0.231 e. The number of nitrogens with two attached hydrogens (primary N) is 2. The van der Waals surface area contributed by atoms with Crippen molar-refractivity contribution in [3.8, 4) is 0 Å². The van der Waals surface area contributed by atoms with Crippen molar-refractivity contribution < 1.29 is 4.79 Å². The first-order chi connectivity index (χ1) is 8.67. The van der Waals surface area contributed by atoms with Crippen LogP contribution in [0.2, 0.25) is 0 Å². The number of hydrogen-bond donors (Lipinski definition) is 2. The Kier molecular flexibility index (Phi) is 2.84. The number of carbonyl (C=O) groups is 1. The molecule has 0 radical (unpaired) electrons. The second kappa shape index (κ2) is 4.37. The van der Waals surface area contributed by atoms with E-state index in [0.717, 1.165) is 36.2 Å². The van der Waals surface area contributed by atoms with Gasteiger partial charge in [0.05, 0.1) is 6.42 Å². The van der Waals surface area contributed by atoms with Crippen molar-refractivity contribution in [3.63, 3.8) is 0 Å². The summed E-state index contributed by atoms with van der Waals surface area (Å²) in [5.74, 6) is 0.781. The molecule has 18 heavy (non-hydrogen) atoms. The maximum absolute atomic E-state index is 12.1. The van der Waals surface area contributed by atoms with Gasteiger partial charge in [-0.2, -0.15) is 0 Å². The van der Waals surface area contributed by atoms with E-state index in [1.165, 1.54) is 0 Å². The first-order valence-electron chi connectivity index (χ1n) is 6.55. The van der Waals surface area contributed by atoms with Crippen LogP contribution in [-0.4, -0.2) is 18.5 Å². The molecule has 3 rings (SSSR count). The molecule has 2 aliphatic rings. The Balaban J connectivity index is 1.79. The summed E-state index contributed by atoms with van der Waals surface area (Å²) in [5.41, 5.74) is 14.7. The zero-order valence-electron chi connectivity index (χ0n) is 10.4.